The summed E-state index contributed by atoms with van der Waals surface area (Å²) >= 11 is 13.0. The lowest BCUT2D eigenvalue weighted by molar-refractivity contribution is 0.0328. The lowest BCUT2D eigenvalue weighted by Crippen LogP contribution is -2.25. The molecule has 1 saturated heterocycles. The number of benzene rings is 2. The monoisotopic (exact) mass is 554 g/mol. The number of halogens is 2. The van der Waals surface area contributed by atoms with Gasteiger partial charge in [0.15, 0.2) is 5.69 Å². The fourth-order valence-corrected chi connectivity index (χ4v) is 5.92. The number of nitrogens with zero attached hydrogens (tertiary/aromatic N) is 4. The number of fused-ring (bicyclic) bond motifs is 1. The zero-order valence-electron chi connectivity index (χ0n) is 21.0. The minimum absolute atomic E-state index is 0.0788. The van der Waals surface area contributed by atoms with Crippen molar-refractivity contribution in [3.63, 3.8) is 0 Å². The SMILES string of the molecule is Cn1nc(C(=O)O)c2ccc(N3CCCC(OCc4c(-c5c(Cl)cccc5Cl)noc4C4CC4)CC3)cc21. The van der Waals surface area contributed by atoms with Gasteiger partial charge in [-0.05, 0) is 62.4 Å². The molecule has 2 aromatic heterocycles. The summed E-state index contributed by atoms with van der Waals surface area (Å²) in [7, 11) is 1.77. The molecule has 4 aromatic rings. The number of rotatable bonds is 7. The Labute approximate surface area is 230 Å². The van der Waals surface area contributed by atoms with Gasteiger partial charge in [-0.2, -0.15) is 5.10 Å². The fraction of sp³-hybridized carbons (Fsp3) is 0.393. The van der Waals surface area contributed by atoms with Gasteiger partial charge in [-0.25, -0.2) is 4.79 Å². The van der Waals surface area contributed by atoms with Gasteiger partial charge in [-0.15, -0.1) is 0 Å². The van der Waals surface area contributed by atoms with Crippen molar-refractivity contribution >= 4 is 45.8 Å². The molecular weight excluding hydrogens is 527 g/mol. The Kier molecular flexibility index (Phi) is 6.80. The van der Waals surface area contributed by atoms with Crippen molar-refractivity contribution in [3.05, 3.63) is 63.5 Å². The van der Waals surface area contributed by atoms with Crippen LogP contribution in [0.1, 0.15) is 59.8 Å². The topological polar surface area (TPSA) is 93.6 Å². The van der Waals surface area contributed by atoms with E-state index in [1.54, 1.807) is 11.7 Å². The van der Waals surface area contributed by atoms with Gasteiger partial charge in [0.1, 0.15) is 11.5 Å². The molecule has 38 heavy (non-hydrogen) atoms. The molecule has 198 valence electrons. The first-order valence-electron chi connectivity index (χ1n) is 12.9. The van der Waals surface area contributed by atoms with E-state index in [9.17, 15) is 9.90 Å². The molecule has 1 aliphatic carbocycles. The van der Waals surface area contributed by atoms with Crippen LogP contribution < -0.4 is 4.90 Å². The molecule has 1 aliphatic heterocycles. The number of carbonyl (C=O) groups is 1. The van der Waals surface area contributed by atoms with Gasteiger partial charge >= 0.3 is 5.97 Å². The van der Waals surface area contributed by atoms with E-state index in [1.807, 2.05) is 36.4 Å². The lowest BCUT2D eigenvalue weighted by atomic mass is 10.0. The summed E-state index contributed by atoms with van der Waals surface area (Å²) in [4.78, 5) is 13.9. The van der Waals surface area contributed by atoms with Crippen LogP contribution in [0.25, 0.3) is 22.2 Å². The number of aromatic carboxylic acids is 1. The number of carboxylic acids is 1. The Morgan fingerprint density at radius 1 is 1.13 bits per heavy atom. The second-order valence-electron chi connectivity index (χ2n) is 10.1. The van der Waals surface area contributed by atoms with Gasteiger partial charge in [-0.1, -0.05) is 34.4 Å². The van der Waals surface area contributed by atoms with Crippen LogP contribution in [0, 0.1) is 0 Å². The van der Waals surface area contributed by atoms with Crippen LogP contribution in [0.2, 0.25) is 10.0 Å². The van der Waals surface area contributed by atoms with Gasteiger partial charge in [0.2, 0.25) is 0 Å². The minimum atomic E-state index is -1.02. The molecule has 1 N–H and O–H groups in total. The summed E-state index contributed by atoms with van der Waals surface area (Å²) in [6.07, 6.45) is 5.07. The van der Waals surface area contributed by atoms with Gasteiger partial charge in [0.05, 0.1) is 28.3 Å². The second-order valence-corrected chi connectivity index (χ2v) is 10.9. The normalized spacial score (nSPS) is 18.2. The summed E-state index contributed by atoms with van der Waals surface area (Å²) in [6.45, 7) is 2.13. The summed E-state index contributed by atoms with van der Waals surface area (Å²) < 4.78 is 13.9. The van der Waals surface area contributed by atoms with Gasteiger partial charge in [-0.3, -0.25) is 4.68 Å². The summed E-state index contributed by atoms with van der Waals surface area (Å²) in [5, 5.41) is 19.7. The van der Waals surface area contributed by atoms with E-state index in [1.165, 1.54) is 0 Å². The third-order valence-electron chi connectivity index (χ3n) is 7.51. The molecule has 8 nitrogen and oxygen atoms in total. The highest BCUT2D eigenvalue weighted by atomic mass is 35.5. The molecule has 6 rings (SSSR count). The number of hydrogen-bond acceptors (Lipinski definition) is 6. The van der Waals surface area contributed by atoms with Crippen LogP contribution in [0.15, 0.2) is 40.9 Å². The molecule has 0 amide bonds. The lowest BCUT2D eigenvalue weighted by Gasteiger charge is -2.23. The number of ether oxygens (including phenoxy) is 1. The Bertz CT molecular complexity index is 1490. The van der Waals surface area contributed by atoms with Crippen molar-refractivity contribution in [2.45, 2.75) is 50.7 Å². The van der Waals surface area contributed by atoms with Crippen LogP contribution >= 0.6 is 23.2 Å². The van der Waals surface area contributed by atoms with Crippen LogP contribution in [-0.4, -0.2) is 45.2 Å². The Balaban J connectivity index is 1.17. The second kappa shape index (κ2) is 10.2. The highest BCUT2D eigenvalue weighted by Crippen LogP contribution is 2.46. The van der Waals surface area contributed by atoms with Gasteiger partial charge in [0.25, 0.3) is 0 Å². The Morgan fingerprint density at radius 2 is 1.92 bits per heavy atom. The van der Waals surface area contributed by atoms with Crippen LogP contribution in [0.4, 0.5) is 5.69 Å². The molecule has 1 atom stereocenters. The van der Waals surface area contributed by atoms with E-state index in [0.29, 0.717) is 39.2 Å². The first-order chi connectivity index (χ1) is 18.4. The summed E-state index contributed by atoms with van der Waals surface area (Å²) in [5.41, 5.74) is 4.25. The van der Waals surface area contributed by atoms with E-state index < -0.39 is 5.97 Å². The van der Waals surface area contributed by atoms with E-state index in [-0.39, 0.29) is 11.8 Å². The molecule has 2 aromatic carbocycles. The number of aryl methyl sites for hydroxylation is 1. The Hall–Kier alpha value is -3.07. The zero-order chi connectivity index (χ0) is 26.4. The van der Waals surface area contributed by atoms with Gasteiger partial charge in [0, 0.05) is 48.3 Å². The average Bonchev–Trinajstić information content (AvgIpc) is 3.63. The highest BCUT2D eigenvalue weighted by molar-refractivity contribution is 6.39. The molecule has 1 unspecified atom stereocenters. The maximum atomic E-state index is 11.5. The van der Waals surface area contributed by atoms with Crippen molar-refractivity contribution in [1.29, 1.82) is 0 Å². The van der Waals surface area contributed by atoms with Crippen molar-refractivity contribution in [2.75, 3.05) is 18.0 Å². The minimum Gasteiger partial charge on any atom is -0.476 e. The molecule has 0 bridgehead atoms. The predicted molar refractivity (Wildman–Crippen MR) is 146 cm³/mol. The molecule has 3 heterocycles. The highest BCUT2D eigenvalue weighted by Gasteiger charge is 2.34. The van der Waals surface area contributed by atoms with Crippen LogP contribution in [0.5, 0.6) is 0 Å². The largest absolute Gasteiger partial charge is 0.476 e. The number of hydrogen-bond donors (Lipinski definition) is 1. The molecular formula is C28H28Cl2N4O4. The standard InChI is InChI=1S/C28H28Cl2N4O4/c1-33-23-14-17(9-10-19(23)26(31-33)28(35)36)34-12-3-4-18(11-13-34)37-15-20-25(32-38-27(20)16-7-8-16)24-21(29)5-2-6-22(24)30/h2,5-6,9-10,14,16,18H,3-4,7-8,11-13,15H2,1H3,(H,35,36). The number of aromatic nitrogens is 3. The Morgan fingerprint density at radius 3 is 2.66 bits per heavy atom. The molecule has 2 fully saturated rings. The first-order valence-corrected chi connectivity index (χ1v) is 13.7. The summed E-state index contributed by atoms with van der Waals surface area (Å²) in [6, 6.07) is 11.3. The quantitative estimate of drug-likeness (QED) is 0.272. The first kappa shape index (κ1) is 25.2. The van der Waals surface area contributed by atoms with Crippen molar-refractivity contribution < 1.29 is 19.2 Å². The molecule has 1 saturated carbocycles. The van der Waals surface area contributed by atoms with E-state index in [4.69, 9.17) is 32.5 Å². The maximum absolute atomic E-state index is 11.5. The molecule has 2 aliphatic rings. The third kappa shape index (κ3) is 4.77. The zero-order valence-corrected chi connectivity index (χ0v) is 22.5. The molecule has 10 heteroatoms. The molecule has 0 radical (unpaired) electrons. The van der Waals surface area contributed by atoms with E-state index in [0.717, 1.165) is 67.7 Å². The predicted octanol–water partition coefficient (Wildman–Crippen LogP) is 6.69. The third-order valence-corrected chi connectivity index (χ3v) is 8.14. The maximum Gasteiger partial charge on any atom is 0.357 e. The van der Waals surface area contributed by atoms with Crippen LogP contribution in [-0.2, 0) is 18.4 Å². The van der Waals surface area contributed by atoms with E-state index >= 15 is 0 Å². The fourth-order valence-electron chi connectivity index (χ4n) is 5.34. The number of anilines is 1. The number of carboxylic acid groups (broad SMARTS) is 1. The summed E-state index contributed by atoms with van der Waals surface area (Å²) in [5.74, 6) is 0.247. The van der Waals surface area contributed by atoms with Crippen molar-refractivity contribution in [2.24, 2.45) is 7.05 Å². The average molecular weight is 555 g/mol. The smallest absolute Gasteiger partial charge is 0.357 e. The van der Waals surface area contributed by atoms with Gasteiger partial charge < -0.3 is 19.3 Å². The molecule has 0 spiro atoms. The van der Waals surface area contributed by atoms with Crippen molar-refractivity contribution in [3.8, 4) is 11.3 Å². The van der Waals surface area contributed by atoms with Crippen molar-refractivity contribution in [1.82, 2.24) is 14.9 Å². The van der Waals surface area contributed by atoms with Crippen LogP contribution in [0.3, 0.4) is 0 Å². The van der Waals surface area contributed by atoms with E-state index in [2.05, 4.69) is 15.2 Å².